The van der Waals surface area contributed by atoms with Crippen LogP contribution in [0.5, 0.6) is 0 Å². The second-order valence-corrected chi connectivity index (χ2v) is 9.59. The Balaban J connectivity index is 1.58. The van der Waals surface area contributed by atoms with E-state index < -0.39 is 16.1 Å². The third-order valence-corrected chi connectivity index (χ3v) is 6.81. The Kier molecular flexibility index (Phi) is 4.69. The van der Waals surface area contributed by atoms with Gasteiger partial charge in [-0.1, -0.05) is 6.07 Å². The summed E-state index contributed by atoms with van der Waals surface area (Å²) in [6.45, 7) is 5.64. The molecule has 4 rings (SSSR count). The van der Waals surface area contributed by atoms with Crippen LogP contribution < -0.4 is 10.0 Å². The molecule has 2 aliphatic carbocycles. The minimum atomic E-state index is -4.04. The molecular formula is C20H26N4O3S. The molecule has 150 valence electrons. The zero-order valence-corrected chi connectivity index (χ0v) is 17.3. The van der Waals surface area contributed by atoms with Crippen molar-refractivity contribution in [3.8, 4) is 0 Å². The number of hydrogen-bond acceptors (Lipinski definition) is 4. The van der Waals surface area contributed by atoms with Gasteiger partial charge in [0.05, 0.1) is 0 Å². The van der Waals surface area contributed by atoms with Gasteiger partial charge in [-0.05, 0) is 81.5 Å². The highest BCUT2D eigenvalue weighted by Gasteiger charge is 2.27. The van der Waals surface area contributed by atoms with Crippen molar-refractivity contribution in [3.63, 3.8) is 0 Å². The number of hydrogen-bond donors (Lipinski definition) is 2. The molecule has 0 fully saturated rings. The highest BCUT2D eigenvalue weighted by molar-refractivity contribution is 7.90. The van der Waals surface area contributed by atoms with E-state index in [0.717, 1.165) is 61.0 Å². The van der Waals surface area contributed by atoms with E-state index in [2.05, 4.69) is 21.2 Å². The fourth-order valence-electron chi connectivity index (χ4n) is 4.39. The van der Waals surface area contributed by atoms with E-state index >= 15 is 0 Å². The number of aryl methyl sites for hydroxylation is 3. The minimum Gasteiger partial charge on any atom is -0.307 e. The van der Waals surface area contributed by atoms with Crippen molar-refractivity contribution in [2.24, 2.45) is 0 Å². The van der Waals surface area contributed by atoms with Gasteiger partial charge in [-0.3, -0.25) is 4.68 Å². The minimum absolute atomic E-state index is 0.0345. The van der Waals surface area contributed by atoms with Crippen LogP contribution in [0.25, 0.3) is 0 Å². The number of amides is 2. The van der Waals surface area contributed by atoms with Gasteiger partial charge in [-0.25, -0.2) is 9.52 Å². The second kappa shape index (κ2) is 6.92. The SMILES string of the molecule is Cc1cc(S(=O)(=O)NC(=O)Nc2c3c(cc4c2CCC4)CCC3)nn1C(C)C. The molecule has 0 radical (unpaired) electrons. The molecule has 1 aromatic carbocycles. The Morgan fingerprint density at radius 2 is 1.68 bits per heavy atom. The molecule has 2 N–H and O–H groups in total. The lowest BCUT2D eigenvalue weighted by Gasteiger charge is -2.16. The lowest BCUT2D eigenvalue weighted by atomic mass is 9.99. The number of nitrogens with zero attached hydrogens (tertiary/aromatic N) is 2. The molecule has 2 aromatic rings. The van der Waals surface area contributed by atoms with Crippen molar-refractivity contribution in [1.82, 2.24) is 14.5 Å². The molecule has 2 amide bonds. The molecule has 28 heavy (non-hydrogen) atoms. The summed E-state index contributed by atoms with van der Waals surface area (Å²) in [4.78, 5) is 12.6. The van der Waals surface area contributed by atoms with E-state index in [0.29, 0.717) is 0 Å². The van der Waals surface area contributed by atoms with Crippen molar-refractivity contribution < 1.29 is 13.2 Å². The summed E-state index contributed by atoms with van der Waals surface area (Å²) in [6, 6.07) is 3.05. The smallest absolute Gasteiger partial charge is 0.307 e. The van der Waals surface area contributed by atoms with Crippen LogP contribution in [0.2, 0.25) is 0 Å². The lowest BCUT2D eigenvalue weighted by molar-refractivity contribution is 0.256. The van der Waals surface area contributed by atoms with Gasteiger partial charge in [0.15, 0.2) is 5.03 Å². The molecule has 1 aromatic heterocycles. The van der Waals surface area contributed by atoms with E-state index in [1.807, 2.05) is 13.8 Å². The number of carbonyl (C=O) groups is 1. The number of fused-ring (bicyclic) bond motifs is 2. The normalized spacial score (nSPS) is 15.6. The van der Waals surface area contributed by atoms with E-state index in [-0.39, 0.29) is 11.1 Å². The number of benzene rings is 1. The fraction of sp³-hybridized carbons (Fsp3) is 0.500. The van der Waals surface area contributed by atoms with Crippen LogP contribution in [0.3, 0.4) is 0 Å². The topological polar surface area (TPSA) is 93.1 Å². The van der Waals surface area contributed by atoms with Crippen molar-refractivity contribution in [3.05, 3.63) is 40.1 Å². The second-order valence-electron chi connectivity index (χ2n) is 7.96. The molecule has 0 unspecified atom stereocenters. The Morgan fingerprint density at radius 3 is 2.21 bits per heavy atom. The first-order chi connectivity index (χ1) is 13.3. The first-order valence-electron chi connectivity index (χ1n) is 9.82. The first-order valence-corrected chi connectivity index (χ1v) is 11.3. The van der Waals surface area contributed by atoms with Crippen LogP contribution in [-0.4, -0.2) is 24.2 Å². The molecule has 8 heteroatoms. The third kappa shape index (κ3) is 3.30. The van der Waals surface area contributed by atoms with Crippen LogP contribution in [0, 0.1) is 6.92 Å². The van der Waals surface area contributed by atoms with Crippen molar-refractivity contribution in [1.29, 1.82) is 0 Å². The quantitative estimate of drug-likeness (QED) is 0.821. The average Bonchev–Trinajstić information content (AvgIpc) is 3.32. The Bertz CT molecular complexity index is 1020. The fourth-order valence-corrected chi connectivity index (χ4v) is 5.31. The number of nitrogens with one attached hydrogen (secondary N) is 2. The Hall–Kier alpha value is -2.35. The summed E-state index contributed by atoms with van der Waals surface area (Å²) >= 11 is 0. The van der Waals surface area contributed by atoms with Crippen molar-refractivity contribution >= 4 is 21.7 Å². The molecule has 0 saturated heterocycles. The van der Waals surface area contributed by atoms with E-state index in [1.54, 1.807) is 11.6 Å². The number of aromatic nitrogens is 2. The number of rotatable bonds is 4. The van der Waals surface area contributed by atoms with Crippen LogP contribution in [-0.2, 0) is 35.7 Å². The van der Waals surface area contributed by atoms with Crippen LogP contribution in [0.1, 0.15) is 60.7 Å². The van der Waals surface area contributed by atoms with Crippen molar-refractivity contribution in [2.75, 3.05) is 5.32 Å². The maximum absolute atomic E-state index is 12.6. The van der Waals surface area contributed by atoms with Gasteiger partial charge in [-0.2, -0.15) is 13.5 Å². The molecule has 0 spiro atoms. The molecule has 0 bridgehead atoms. The summed E-state index contributed by atoms with van der Waals surface area (Å²) in [5.41, 5.74) is 6.44. The maximum Gasteiger partial charge on any atom is 0.333 e. The maximum atomic E-state index is 12.6. The summed E-state index contributed by atoms with van der Waals surface area (Å²) in [5, 5.41) is 6.85. The van der Waals surface area contributed by atoms with E-state index in [1.165, 1.54) is 17.2 Å². The van der Waals surface area contributed by atoms with Gasteiger partial charge in [0.25, 0.3) is 10.0 Å². The number of sulfonamides is 1. The largest absolute Gasteiger partial charge is 0.333 e. The van der Waals surface area contributed by atoms with Gasteiger partial charge >= 0.3 is 6.03 Å². The molecule has 2 aliphatic rings. The summed E-state index contributed by atoms with van der Waals surface area (Å²) < 4.78 is 29.0. The zero-order valence-electron chi connectivity index (χ0n) is 16.5. The standard InChI is InChI=1S/C20H26N4O3S/c1-12(2)24-13(3)10-18(22-24)28(26,27)23-20(25)21-19-16-8-4-6-14(16)11-15-7-5-9-17(15)19/h10-12H,4-9H2,1-3H3,(H2,21,23,25). The highest BCUT2D eigenvalue weighted by atomic mass is 32.2. The van der Waals surface area contributed by atoms with Gasteiger partial charge < -0.3 is 5.32 Å². The molecular weight excluding hydrogens is 376 g/mol. The van der Waals surface area contributed by atoms with Gasteiger partial charge in [-0.15, -0.1) is 0 Å². The monoisotopic (exact) mass is 402 g/mol. The summed E-state index contributed by atoms with van der Waals surface area (Å²) in [7, 11) is -4.04. The molecule has 1 heterocycles. The Morgan fingerprint density at radius 1 is 1.07 bits per heavy atom. The van der Waals surface area contributed by atoms with Crippen LogP contribution in [0.15, 0.2) is 17.2 Å². The zero-order chi connectivity index (χ0) is 20.1. The summed E-state index contributed by atoms with van der Waals surface area (Å²) in [5.74, 6) is 0. The van der Waals surface area contributed by atoms with Gasteiger partial charge in [0.1, 0.15) is 0 Å². The summed E-state index contributed by atoms with van der Waals surface area (Å²) in [6.07, 6.45) is 6.01. The number of anilines is 1. The molecule has 0 aliphatic heterocycles. The van der Waals surface area contributed by atoms with E-state index in [9.17, 15) is 13.2 Å². The number of urea groups is 1. The predicted octanol–water partition coefficient (Wildman–Crippen LogP) is 3.26. The van der Waals surface area contributed by atoms with Gasteiger partial charge in [0, 0.05) is 23.5 Å². The molecule has 0 atom stereocenters. The predicted molar refractivity (Wildman–Crippen MR) is 107 cm³/mol. The van der Waals surface area contributed by atoms with Crippen molar-refractivity contribution in [2.45, 2.75) is 70.4 Å². The molecule has 0 saturated carbocycles. The average molecular weight is 403 g/mol. The highest BCUT2D eigenvalue weighted by Crippen LogP contribution is 2.38. The van der Waals surface area contributed by atoms with Crippen LogP contribution >= 0.6 is 0 Å². The van der Waals surface area contributed by atoms with E-state index in [4.69, 9.17) is 0 Å². The number of carbonyl (C=O) groups excluding carboxylic acids is 1. The van der Waals surface area contributed by atoms with Crippen LogP contribution in [0.4, 0.5) is 10.5 Å². The Labute approximate surface area is 165 Å². The molecule has 7 nitrogen and oxygen atoms in total. The first kappa shape index (κ1) is 19.0. The van der Waals surface area contributed by atoms with Gasteiger partial charge in [0.2, 0.25) is 0 Å². The lowest BCUT2D eigenvalue weighted by Crippen LogP contribution is -2.35. The third-order valence-electron chi connectivity index (χ3n) is 5.60.